The predicted octanol–water partition coefficient (Wildman–Crippen LogP) is 10.7. The first-order valence-electron chi connectivity index (χ1n) is 22.8. The van der Waals surface area contributed by atoms with Gasteiger partial charge < -0.3 is 37.9 Å². The molecule has 0 aromatic heterocycles. The first kappa shape index (κ1) is 53.4. The Kier molecular flexibility index (Phi) is 21.6. The summed E-state index contributed by atoms with van der Waals surface area (Å²) in [5.41, 5.74) is -0.0996. The van der Waals surface area contributed by atoms with Gasteiger partial charge in [0.1, 0.15) is 29.1 Å². The third kappa shape index (κ3) is 17.8. The Hall–Kier alpha value is -8.58. The third-order valence-electron chi connectivity index (χ3n) is 10.3. The lowest BCUT2D eigenvalue weighted by atomic mass is 10.1. The normalized spacial score (nSPS) is 10.4. The van der Waals surface area contributed by atoms with Gasteiger partial charge in [-0.1, -0.05) is 51.7 Å². The summed E-state index contributed by atoms with van der Waals surface area (Å²) in [7, 11) is 0. The largest absolute Gasteiger partial charge is 0.494 e. The summed E-state index contributed by atoms with van der Waals surface area (Å²) >= 11 is 0. The molecule has 71 heavy (non-hydrogen) atoms. The van der Waals surface area contributed by atoms with E-state index >= 15 is 4.39 Å². The van der Waals surface area contributed by atoms with Gasteiger partial charge in [-0.05, 0) is 135 Å². The highest BCUT2D eigenvalue weighted by Gasteiger charge is 2.23. The van der Waals surface area contributed by atoms with Crippen molar-refractivity contribution < 1.29 is 71.1 Å². The number of nitriles is 1. The summed E-state index contributed by atoms with van der Waals surface area (Å²) < 4.78 is 58.5. The zero-order chi connectivity index (χ0) is 50.8. The number of carbonyl (C=O) groups excluding carboxylic acids is 6. The summed E-state index contributed by atoms with van der Waals surface area (Å²) in [6, 6.07) is 27.2. The Morgan fingerprint density at radius 1 is 0.437 bits per heavy atom. The van der Waals surface area contributed by atoms with E-state index in [1.807, 2.05) is 0 Å². The molecule has 0 heterocycles. The van der Waals surface area contributed by atoms with Gasteiger partial charge in [-0.3, -0.25) is 0 Å². The number of ether oxygens (including phenoxy) is 8. The van der Waals surface area contributed by atoms with Crippen LogP contribution in [0.1, 0.15) is 111 Å². The summed E-state index contributed by atoms with van der Waals surface area (Å²) in [6.07, 6.45) is 11.2. The van der Waals surface area contributed by atoms with E-state index in [0.29, 0.717) is 37.9 Å². The molecule has 0 spiro atoms. The summed E-state index contributed by atoms with van der Waals surface area (Å²) in [5, 5.41) is 9.45. The molecule has 16 heteroatoms. The maximum atomic E-state index is 15.5. The molecule has 0 aliphatic heterocycles. The standard InChI is InChI=1S/C55H52FNO14/c1-3-48(58)66-35-13-9-5-7-11-33-64-43-24-15-38(16-25-43)52(60)68-45-28-19-40(20-29-45)54(62)70-47-32-23-42(37-57)50(56)51(47)71-55(63)41-21-30-46(31-22-41)69-53(61)39-17-26-44(27-18-39)65-34-12-8-6-10-14-36-67-49(59)4-2/h3-4,15-32H,1-2,5-14,33-36H2. The van der Waals surface area contributed by atoms with E-state index < -0.39 is 58.7 Å². The van der Waals surface area contributed by atoms with Gasteiger partial charge in [0, 0.05) is 12.2 Å². The van der Waals surface area contributed by atoms with Crippen molar-refractivity contribution in [2.24, 2.45) is 0 Å². The Bertz CT molecular complexity index is 2660. The number of esters is 6. The zero-order valence-corrected chi connectivity index (χ0v) is 38.9. The molecule has 0 atom stereocenters. The molecule has 0 saturated carbocycles. The van der Waals surface area contributed by atoms with E-state index in [1.54, 1.807) is 54.6 Å². The molecule has 0 fully saturated rings. The molecule has 0 amide bonds. The number of halogens is 1. The van der Waals surface area contributed by atoms with Crippen LogP contribution in [0.4, 0.5) is 4.39 Å². The van der Waals surface area contributed by atoms with Crippen molar-refractivity contribution in [3.05, 3.63) is 168 Å². The molecular formula is C55H52FNO14. The van der Waals surface area contributed by atoms with Gasteiger partial charge >= 0.3 is 35.8 Å². The molecule has 15 nitrogen and oxygen atoms in total. The molecule has 5 aromatic rings. The smallest absolute Gasteiger partial charge is 0.343 e. The van der Waals surface area contributed by atoms with Crippen LogP contribution in [-0.2, 0) is 19.1 Å². The maximum Gasteiger partial charge on any atom is 0.343 e. The summed E-state index contributed by atoms with van der Waals surface area (Å²) in [4.78, 5) is 74.2. The first-order valence-corrected chi connectivity index (χ1v) is 22.8. The number of hydrogen-bond donors (Lipinski definition) is 0. The second-order valence-electron chi connectivity index (χ2n) is 15.5. The average Bonchev–Trinajstić information content (AvgIpc) is 3.39. The summed E-state index contributed by atoms with van der Waals surface area (Å²) in [6.45, 7) is 8.44. The van der Waals surface area contributed by atoms with E-state index in [0.717, 1.165) is 88.5 Å². The lowest BCUT2D eigenvalue weighted by molar-refractivity contribution is -0.138. The van der Waals surface area contributed by atoms with E-state index in [-0.39, 0.29) is 33.8 Å². The molecule has 0 unspecified atom stereocenters. The lowest BCUT2D eigenvalue weighted by Crippen LogP contribution is -2.14. The first-order chi connectivity index (χ1) is 34.5. The molecule has 0 aliphatic rings. The zero-order valence-electron chi connectivity index (χ0n) is 38.9. The molecule has 0 saturated heterocycles. The van der Waals surface area contributed by atoms with Gasteiger partial charge in [0.2, 0.25) is 5.75 Å². The second kappa shape index (κ2) is 28.7. The molecular weight excluding hydrogens is 918 g/mol. The van der Waals surface area contributed by atoms with Crippen molar-refractivity contribution in [1.29, 1.82) is 5.26 Å². The van der Waals surface area contributed by atoms with Gasteiger partial charge in [-0.2, -0.15) is 5.26 Å². The fraction of sp³-hybridized carbons (Fsp3) is 0.255. The minimum Gasteiger partial charge on any atom is -0.494 e. The highest BCUT2D eigenvalue weighted by molar-refractivity contribution is 5.95. The van der Waals surface area contributed by atoms with Gasteiger partial charge in [0.05, 0.1) is 54.2 Å². The van der Waals surface area contributed by atoms with Crippen LogP contribution in [0.15, 0.2) is 135 Å². The number of rotatable bonds is 28. The van der Waals surface area contributed by atoms with Crippen molar-refractivity contribution in [3.63, 3.8) is 0 Å². The molecule has 0 N–H and O–H groups in total. The summed E-state index contributed by atoms with van der Waals surface area (Å²) in [5.74, 6) is -5.42. The number of hydrogen-bond acceptors (Lipinski definition) is 15. The Morgan fingerprint density at radius 3 is 1.15 bits per heavy atom. The molecule has 0 bridgehead atoms. The molecule has 0 radical (unpaired) electrons. The number of carbonyl (C=O) groups is 6. The fourth-order valence-corrected chi connectivity index (χ4v) is 6.45. The van der Waals surface area contributed by atoms with Crippen LogP contribution in [0.3, 0.4) is 0 Å². The Labute approximate surface area is 410 Å². The van der Waals surface area contributed by atoms with Gasteiger partial charge in [-0.15, -0.1) is 0 Å². The van der Waals surface area contributed by atoms with Crippen LogP contribution < -0.4 is 28.4 Å². The van der Waals surface area contributed by atoms with Crippen molar-refractivity contribution in [2.75, 3.05) is 26.4 Å². The molecule has 0 aliphatic carbocycles. The van der Waals surface area contributed by atoms with E-state index in [1.165, 1.54) is 48.5 Å². The van der Waals surface area contributed by atoms with Gasteiger partial charge in [-0.25, -0.2) is 33.2 Å². The second-order valence-corrected chi connectivity index (χ2v) is 15.5. The number of unbranched alkanes of at least 4 members (excludes halogenated alkanes) is 8. The van der Waals surface area contributed by atoms with E-state index in [9.17, 15) is 34.0 Å². The minimum absolute atomic E-state index is 0.0293. The quantitative estimate of drug-likeness (QED) is 0.0198. The predicted molar refractivity (Wildman–Crippen MR) is 256 cm³/mol. The van der Waals surface area contributed by atoms with Crippen LogP contribution in [0, 0.1) is 17.1 Å². The Morgan fingerprint density at radius 2 is 0.775 bits per heavy atom. The monoisotopic (exact) mass is 969 g/mol. The van der Waals surface area contributed by atoms with Crippen molar-refractivity contribution in [1.82, 2.24) is 0 Å². The highest BCUT2D eigenvalue weighted by atomic mass is 19.1. The minimum atomic E-state index is -1.25. The van der Waals surface area contributed by atoms with Crippen molar-refractivity contribution >= 4 is 35.8 Å². The number of nitrogens with zero attached hydrogens (tertiary/aromatic N) is 1. The SMILES string of the molecule is C=CC(=O)OCCCCCCCOc1ccc(C(=O)Oc2ccc(C(=O)Oc3ccc(C#N)c(F)c3OC(=O)c3ccc(OC(=O)c4ccc(OCCCCCCCOC(=O)C=C)cc4)cc3)cc2)cc1. The van der Waals surface area contributed by atoms with Crippen LogP contribution in [-0.4, -0.2) is 62.2 Å². The van der Waals surface area contributed by atoms with E-state index in [4.69, 9.17) is 37.9 Å². The van der Waals surface area contributed by atoms with Crippen LogP contribution in [0.2, 0.25) is 0 Å². The fourth-order valence-electron chi connectivity index (χ4n) is 6.45. The van der Waals surface area contributed by atoms with Crippen molar-refractivity contribution in [2.45, 2.75) is 64.2 Å². The van der Waals surface area contributed by atoms with E-state index in [2.05, 4.69) is 13.2 Å². The number of benzene rings is 5. The molecule has 368 valence electrons. The highest BCUT2D eigenvalue weighted by Crippen LogP contribution is 2.34. The third-order valence-corrected chi connectivity index (χ3v) is 10.3. The maximum absolute atomic E-state index is 15.5. The van der Waals surface area contributed by atoms with Gasteiger partial charge in [0.15, 0.2) is 11.6 Å². The van der Waals surface area contributed by atoms with Crippen LogP contribution in [0.25, 0.3) is 0 Å². The van der Waals surface area contributed by atoms with Crippen LogP contribution in [0.5, 0.6) is 34.5 Å². The van der Waals surface area contributed by atoms with Gasteiger partial charge in [0.25, 0.3) is 0 Å². The Balaban J connectivity index is 1.06. The van der Waals surface area contributed by atoms with Crippen LogP contribution >= 0.6 is 0 Å². The average molecular weight is 970 g/mol. The lowest BCUT2D eigenvalue weighted by Gasteiger charge is -2.13. The topological polar surface area (TPSA) is 200 Å². The van der Waals surface area contributed by atoms with Crippen molar-refractivity contribution in [3.8, 4) is 40.6 Å². The molecule has 5 rings (SSSR count). The molecule has 5 aromatic carbocycles.